The van der Waals surface area contributed by atoms with Gasteiger partial charge in [-0.1, -0.05) is 18.2 Å². The van der Waals surface area contributed by atoms with Crippen LogP contribution in [0.4, 0.5) is 11.4 Å². The average molecular weight is 300 g/mol. The summed E-state index contributed by atoms with van der Waals surface area (Å²) in [5.41, 5.74) is 4.08. The molecule has 0 radical (unpaired) electrons. The largest absolute Gasteiger partial charge is 0.377 e. The van der Waals surface area contributed by atoms with Crippen molar-refractivity contribution in [1.82, 2.24) is 0 Å². The molecule has 0 spiro atoms. The molecule has 0 fully saturated rings. The maximum Gasteiger partial charge on any atom is 0.228 e. The molecule has 0 saturated heterocycles. The van der Waals surface area contributed by atoms with Crippen molar-refractivity contribution >= 4 is 29.9 Å². The number of amides is 1. The number of anilines is 2. The Morgan fingerprint density at radius 1 is 1.14 bits per heavy atom. The molecule has 1 N–H and O–H groups in total. The normalized spacial score (nSPS) is 10.3. The Labute approximate surface area is 131 Å². The summed E-state index contributed by atoms with van der Waals surface area (Å²) in [7, 11) is 3.99. The standard InChI is InChI=1S/C17H20N2OS/c1-12-4-7-14(11-16(12)19(2)3)18-17(20)10-13-5-8-15(21)9-6-13/h4-9,11,21H,10H2,1-3H3,(H,18,20). The summed E-state index contributed by atoms with van der Waals surface area (Å²) in [5, 5.41) is 2.94. The third-order valence-electron chi connectivity index (χ3n) is 3.28. The number of nitrogens with zero attached hydrogens (tertiary/aromatic N) is 1. The second-order valence-corrected chi connectivity index (χ2v) is 5.80. The number of aryl methyl sites for hydroxylation is 1. The van der Waals surface area contributed by atoms with Gasteiger partial charge in [-0.05, 0) is 42.3 Å². The molecule has 2 aromatic carbocycles. The van der Waals surface area contributed by atoms with Crippen molar-refractivity contribution in [3.63, 3.8) is 0 Å². The van der Waals surface area contributed by atoms with Crippen LogP contribution in [-0.4, -0.2) is 20.0 Å². The second-order valence-electron chi connectivity index (χ2n) is 5.29. The number of hydrogen-bond acceptors (Lipinski definition) is 3. The molecule has 0 heterocycles. The Balaban J connectivity index is 2.06. The molecular formula is C17H20N2OS. The first-order valence-electron chi connectivity index (χ1n) is 6.81. The first-order valence-corrected chi connectivity index (χ1v) is 7.26. The fraction of sp³-hybridized carbons (Fsp3) is 0.235. The third-order valence-corrected chi connectivity index (χ3v) is 3.57. The minimum atomic E-state index is -0.0181. The van der Waals surface area contributed by atoms with Gasteiger partial charge in [0.25, 0.3) is 0 Å². The molecule has 0 aliphatic heterocycles. The smallest absolute Gasteiger partial charge is 0.228 e. The number of benzene rings is 2. The number of thiol groups is 1. The molecule has 0 saturated carbocycles. The number of nitrogens with one attached hydrogen (secondary N) is 1. The summed E-state index contributed by atoms with van der Waals surface area (Å²) in [6, 6.07) is 13.6. The lowest BCUT2D eigenvalue weighted by Gasteiger charge is -2.17. The van der Waals surface area contributed by atoms with E-state index in [-0.39, 0.29) is 5.91 Å². The summed E-state index contributed by atoms with van der Waals surface area (Å²) in [6.45, 7) is 2.06. The van der Waals surface area contributed by atoms with Gasteiger partial charge < -0.3 is 10.2 Å². The van der Waals surface area contributed by atoms with Crippen LogP contribution in [0.3, 0.4) is 0 Å². The van der Waals surface area contributed by atoms with Crippen molar-refractivity contribution in [2.45, 2.75) is 18.2 Å². The summed E-state index contributed by atoms with van der Waals surface area (Å²) in [6.07, 6.45) is 0.360. The molecule has 21 heavy (non-hydrogen) atoms. The summed E-state index contributed by atoms with van der Waals surface area (Å²) in [5.74, 6) is -0.0181. The predicted molar refractivity (Wildman–Crippen MR) is 91.5 cm³/mol. The fourth-order valence-corrected chi connectivity index (χ4v) is 2.32. The number of carbonyl (C=O) groups excluding carboxylic acids is 1. The van der Waals surface area contributed by atoms with Crippen molar-refractivity contribution < 1.29 is 4.79 Å². The van der Waals surface area contributed by atoms with Crippen molar-refractivity contribution in [2.24, 2.45) is 0 Å². The molecule has 0 aliphatic carbocycles. The molecule has 1 amide bonds. The maximum atomic E-state index is 12.1. The van der Waals surface area contributed by atoms with E-state index in [1.165, 1.54) is 5.56 Å². The highest BCUT2D eigenvalue weighted by molar-refractivity contribution is 7.80. The minimum Gasteiger partial charge on any atom is -0.377 e. The van der Waals surface area contributed by atoms with Crippen LogP contribution in [0, 0.1) is 6.92 Å². The van der Waals surface area contributed by atoms with Gasteiger partial charge in [0.15, 0.2) is 0 Å². The van der Waals surface area contributed by atoms with Crippen molar-refractivity contribution in [1.29, 1.82) is 0 Å². The highest BCUT2D eigenvalue weighted by atomic mass is 32.1. The Morgan fingerprint density at radius 2 is 1.81 bits per heavy atom. The Morgan fingerprint density at radius 3 is 2.43 bits per heavy atom. The van der Waals surface area contributed by atoms with Crippen LogP contribution in [0.2, 0.25) is 0 Å². The van der Waals surface area contributed by atoms with Crippen LogP contribution in [0.5, 0.6) is 0 Å². The molecule has 3 nitrogen and oxygen atoms in total. The van der Waals surface area contributed by atoms with Gasteiger partial charge in [0, 0.05) is 30.4 Å². The highest BCUT2D eigenvalue weighted by Gasteiger charge is 2.07. The van der Waals surface area contributed by atoms with Gasteiger partial charge in [-0.15, -0.1) is 12.6 Å². The molecule has 2 aromatic rings. The van der Waals surface area contributed by atoms with Crippen molar-refractivity contribution in [3.05, 3.63) is 53.6 Å². The van der Waals surface area contributed by atoms with Crippen LogP contribution >= 0.6 is 12.6 Å². The van der Waals surface area contributed by atoms with E-state index in [1.807, 2.05) is 61.5 Å². The van der Waals surface area contributed by atoms with E-state index in [0.29, 0.717) is 6.42 Å². The van der Waals surface area contributed by atoms with E-state index in [4.69, 9.17) is 0 Å². The van der Waals surface area contributed by atoms with E-state index < -0.39 is 0 Å². The first-order chi connectivity index (χ1) is 9.95. The molecule has 0 aromatic heterocycles. The quantitative estimate of drug-likeness (QED) is 0.847. The number of rotatable bonds is 4. The zero-order valence-corrected chi connectivity index (χ0v) is 13.4. The van der Waals surface area contributed by atoms with Gasteiger partial charge >= 0.3 is 0 Å². The van der Waals surface area contributed by atoms with E-state index in [2.05, 4.69) is 24.9 Å². The fourth-order valence-electron chi connectivity index (χ4n) is 2.17. The molecule has 0 aliphatic rings. The third kappa shape index (κ3) is 4.26. The first kappa shape index (κ1) is 15.4. The SMILES string of the molecule is Cc1ccc(NC(=O)Cc2ccc(S)cc2)cc1N(C)C. The van der Waals surface area contributed by atoms with E-state index >= 15 is 0 Å². The highest BCUT2D eigenvalue weighted by Crippen LogP contribution is 2.22. The van der Waals surface area contributed by atoms with Gasteiger partial charge in [-0.2, -0.15) is 0 Å². The maximum absolute atomic E-state index is 12.1. The Bertz CT molecular complexity index is 636. The zero-order valence-electron chi connectivity index (χ0n) is 12.6. The van der Waals surface area contributed by atoms with Gasteiger partial charge in [0.1, 0.15) is 0 Å². The molecule has 110 valence electrons. The lowest BCUT2D eigenvalue weighted by atomic mass is 10.1. The lowest BCUT2D eigenvalue weighted by molar-refractivity contribution is -0.115. The topological polar surface area (TPSA) is 32.3 Å². The number of carbonyl (C=O) groups is 1. The van der Waals surface area contributed by atoms with Crippen LogP contribution in [0.1, 0.15) is 11.1 Å². The average Bonchev–Trinajstić information content (AvgIpc) is 2.43. The second kappa shape index (κ2) is 6.68. The van der Waals surface area contributed by atoms with Crippen LogP contribution in [0.15, 0.2) is 47.4 Å². The molecule has 0 atom stereocenters. The van der Waals surface area contributed by atoms with E-state index in [9.17, 15) is 4.79 Å². The molecule has 0 bridgehead atoms. The van der Waals surface area contributed by atoms with E-state index in [0.717, 1.165) is 21.8 Å². The van der Waals surface area contributed by atoms with E-state index in [1.54, 1.807) is 0 Å². The van der Waals surface area contributed by atoms with Crippen molar-refractivity contribution in [2.75, 3.05) is 24.3 Å². The zero-order chi connectivity index (χ0) is 15.4. The van der Waals surface area contributed by atoms with Gasteiger partial charge in [0.05, 0.1) is 6.42 Å². The molecule has 2 rings (SSSR count). The molecular weight excluding hydrogens is 280 g/mol. The monoisotopic (exact) mass is 300 g/mol. The Kier molecular flexibility index (Phi) is 4.91. The summed E-state index contributed by atoms with van der Waals surface area (Å²) < 4.78 is 0. The molecule has 0 unspecified atom stereocenters. The summed E-state index contributed by atoms with van der Waals surface area (Å²) >= 11 is 4.24. The summed E-state index contributed by atoms with van der Waals surface area (Å²) in [4.78, 5) is 15.0. The van der Waals surface area contributed by atoms with Gasteiger partial charge in [-0.3, -0.25) is 4.79 Å². The minimum absolute atomic E-state index is 0.0181. The van der Waals surface area contributed by atoms with Crippen LogP contribution in [0.25, 0.3) is 0 Å². The van der Waals surface area contributed by atoms with Crippen LogP contribution in [-0.2, 0) is 11.2 Å². The Hall–Kier alpha value is -1.94. The van der Waals surface area contributed by atoms with Crippen molar-refractivity contribution in [3.8, 4) is 0 Å². The molecule has 4 heteroatoms. The lowest BCUT2D eigenvalue weighted by Crippen LogP contribution is -2.15. The predicted octanol–water partition coefficient (Wildman–Crippen LogP) is 3.53. The van der Waals surface area contributed by atoms with Crippen LogP contribution < -0.4 is 10.2 Å². The van der Waals surface area contributed by atoms with Gasteiger partial charge in [0.2, 0.25) is 5.91 Å². The number of hydrogen-bond donors (Lipinski definition) is 2. The van der Waals surface area contributed by atoms with Gasteiger partial charge in [-0.25, -0.2) is 0 Å².